The normalized spacial score (nSPS) is 11.6. The molecule has 156 valence electrons. The molecule has 0 radical (unpaired) electrons. The van der Waals surface area contributed by atoms with Gasteiger partial charge in [0.15, 0.2) is 0 Å². The van der Waals surface area contributed by atoms with Gasteiger partial charge in [0.1, 0.15) is 11.8 Å². The zero-order chi connectivity index (χ0) is 22.0. The molecule has 3 aromatic rings. The number of carbonyl (C=O) groups excluding carboxylic acids is 2. The van der Waals surface area contributed by atoms with E-state index in [4.69, 9.17) is 10.8 Å². The Balaban J connectivity index is 0.00000155. The van der Waals surface area contributed by atoms with Gasteiger partial charge in [0, 0.05) is 13.5 Å². The van der Waals surface area contributed by atoms with E-state index in [1.807, 2.05) is 91.9 Å². The molecule has 1 amide bonds. The summed E-state index contributed by atoms with van der Waals surface area (Å²) in [4.78, 5) is 23.8. The number of aryl methyl sites for hydroxylation is 1. The fourth-order valence-electron chi connectivity index (χ4n) is 3.42. The van der Waals surface area contributed by atoms with Crippen LogP contribution in [0.5, 0.6) is 0 Å². The van der Waals surface area contributed by atoms with Crippen molar-refractivity contribution in [2.75, 3.05) is 7.11 Å². The lowest BCUT2D eigenvalue weighted by atomic mass is 9.76. The van der Waals surface area contributed by atoms with Crippen molar-refractivity contribution in [2.24, 2.45) is 5.73 Å². The van der Waals surface area contributed by atoms with Crippen molar-refractivity contribution in [3.05, 3.63) is 107 Å². The average molecular weight is 405 g/mol. The number of hydrogen-bond donors (Lipinski definition) is 3. The number of amides is 1. The van der Waals surface area contributed by atoms with Crippen LogP contribution in [-0.2, 0) is 15.1 Å². The maximum Gasteiger partial charge on any atom is 0.223 e. The summed E-state index contributed by atoms with van der Waals surface area (Å²) in [7, 11) is 1.00. The highest BCUT2D eigenvalue weighted by Gasteiger charge is 2.38. The third-order valence-electron chi connectivity index (χ3n) is 4.82. The van der Waals surface area contributed by atoms with Crippen molar-refractivity contribution in [3.8, 4) is 0 Å². The summed E-state index contributed by atoms with van der Waals surface area (Å²) in [5.41, 5.74) is 8.73. The smallest absolute Gasteiger partial charge is 0.223 e. The van der Waals surface area contributed by atoms with Crippen molar-refractivity contribution in [1.82, 2.24) is 5.32 Å². The fourth-order valence-corrected chi connectivity index (χ4v) is 3.42. The molecular formula is C25H28N2O3. The first-order valence-corrected chi connectivity index (χ1v) is 9.71. The van der Waals surface area contributed by atoms with Gasteiger partial charge in [0.25, 0.3) is 0 Å². The molecule has 0 saturated carbocycles. The molecule has 0 spiro atoms. The van der Waals surface area contributed by atoms with Crippen LogP contribution in [0.1, 0.15) is 28.7 Å². The molecule has 5 nitrogen and oxygen atoms in total. The largest absolute Gasteiger partial charge is 0.400 e. The maximum absolute atomic E-state index is 12.9. The second kappa shape index (κ2) is 11.0. The molecule has 3 aromatic carbocycles. The Hall–Kier alpha value is -3.28. The Morgan fingerprint density at radius 3 is 1.77 bits per heavy atom. The van der Waals surface area contributed by atoms with E-state index in [1.54, 1.807) is 0 Å². The first-order valence-electron chi connectivity index (χ1n) is 9.71. The second-order valence-electron chi connectivity index (χ2n) is 6.90. The number of aldehydes is 1. The predicted molar refractivity (Wildman–Crippen MR) is 119 cm³/mol. The summed E-state index contributed by atoms with van der Waals surface area (Å²) in [5.74, 6) is -0.284. The third kappa shape index (κ3) is 5.20. The van der Waals surface area contributed by atoms with E-state index in [1.165, 1.54) is 0 Å². The summed E-state index contributed by atoms with van der Waals surface area (Å²) in [6.07, 6.45) is 0.523. The molecule has 3 rings (SSSR count). The summed E-state index contributed by atoms with van der Waals surface area (Å²) >= 11 is 0. The van der Waals surface area contributed by atoms with Crippen LogP contribution in [0.15, 0.2) is 84.9 Å². The van der Waals surface area contributed by atoms with Crippen LogP contribution in [0.3, 0.4) is 0 Å². The first-order chi connectivity index (χ1) is 14.6. The third-order valence-corrected chi connectivity index (χ3v) is 4.82. The van der Waals surface area contributed by atoms with Gasteiger partial charge in [-0.05, 0) is 23.6 Å². The van der Waals surface area contributed by atoms with Gasteiger partial charge >= 0.3 is 0 Å². The Kier molecular flexibility index (Phi) is 8.47. The van der Waals surface area contributed by atoms with Crippen molar-refractivity contribution in [3.63, 3.8) is 0 Å². The molecule has 0 fully saturated rings. The standard InChI is InChI=1S/C24H24N2O2.CH4O/c1-18-12-14-21(15-13-18)24(19-8-4-2-5-9-19,20-10-6-3-7-11-20)26-23(28)16-22(25)17-27;1-2/h2-15,17,22H,16,25H2,1H3,(H,26,28);2H,1H3. The fraction of sp³-hybridized carbons (Fsp3) is 0.200. The number of aliphatic hydroxyl groups is 1. The zero-order valence-electron chi connectivity index (χ0n) is 17.3. The number of carbonyl (C=O) groups is 2. The highest BCUT2D eigenvalue weighted by Crippen LogP contribution is 2.37. The number of nitrogens with two attached hydrogens (primary N) is 1. The lowest BCUT2D eigenvalue weighted by Gasteiger charge is -2.37. The number of rotatable bonds is 7. The van der Waals surface area contributed by atoms with Crippen LogP contribution in [0.4, 0.5) is 0 Å². The van der Waals surface area contributed by atoms with Crippen LogP contribution in [0.2, 0.25) is 0 Å². The summed E-state index contributed by atoms with van der Waals surface area (Å²) in [6, 6.07) is 26.9. The van der Waals surface area contributed by atoms with Crippen molar-refractivity contribution in [1.29, 1.82) is 0 Å². The molecule has 1 atom stereocenters. The van der Waals surface area contributed by atoms with Gasteiger partial charge in [-0.3, -0.25) is 4.79 Å². The lowest BCUT2D eigenvalue weighted by Crippen LogP contribution is -2.49. The van der Waals surface area contributed by atoms with E-state index in [0.717, 1.165) is 29.4 Å². The van der Waals surface area contributed by atoms with Crippen LogP contribution in [0.25, 0.3) is 0 Å². The molecule has 0 saturated heterocycles. The number of hydrogen-bond acceptors (Lipinski definition) is 4. The zero-order valence-corrected chi connectivity index (χ0v) is 17.3. The summed E-state index contributed by atoms with van der Waals surface area (Å²) < 4.78 is 0. The van der Waals surface area contributed by atoms with Gasteiger partial charge in [-0.2, -0.15) is 0 Å². The van der Waals surface area contributed by atoms with Gasteiger partial charge in [0.05, 0.1) is 6.04 Å². The van der Waals surface area contributed by atoms with Crippen LogP contribution in [0, 0.1) is 6.92 Å². The monoisotopic (exact) mass is 404 g/mol. The van der Waals surface area contributed by atoms with Crippen molar-refractivity contribution >= 4 is 12.2 Å². The number of benzene rings is 3. The molecule has 1 unspecified atom stereocenters. The number of nitrogens with one attached hydrogen (secondary N) is 1. The molecule has 0 aromatic heterocycles. The SMILES string of the molecule is CO.Cc1ccc(C(NC(=O)CC(N)C=O)(c2ccccc2)c2ccccc2)cc1. The molecule has 0 aliphatic heterocycles. The van der Waals surface area contributed by atoms with Gasteiger partial charge in [0.2, 0.25) is 5.91 Å². The minimum atomic E-state index is -0.893. The minimum Gasteiger partial charge on any atom is -0.400 e. The van der Waals surface area contributed by atoms with Gasteiger partial charge in [-0.15, -0.1) is 0 Å². The van der Waals surface area contributed by atoms with Gasteiger partial charge in [-0.25, -0.2) is 0 Å². The molecule has 4 N–H and O–H groups in total. The molecular weight excluding hydrogens is 376 g/mol. The quantitative estimate of drug-likeness (QED) is 0.417. The molecule has 0 bridgehead atoms. The molecule has 0 aliphatic rings. The van der Waals surface area contributed by atoms with Gasteiger partial charge < -0.3 is 21.0 Å². The number of aliphatic hydroxyl groups excluding tert-OH is 1. The highest BCUT2D eigenvalue weighted by atomic mass is 16.2. The summed E-state index contributed by atoms with van der Waals surface area (Å²) in [5, 5.41) is 10.2. The van der Waals surface area contributed by atoms with E-state index in [0.29, 0.717) is 6.29 Å². The first kappa shape index (κ1) is 23.0. The Morgan fingerprint density at radius 2 is 1.33 bits per heavy atom. The van der Waals surface area contributed by atoms with E-state index < -0.39 is 11.6 Å². The maximum atomic E-state index is 12.9. The summed E-state index contributed by atoms with van der Waals surface area (Å²) in [6.45, 7) is 2.03. The Bertz CT molecular complexity index is 886. The molecule has 0 heterocycles. The Morgan fingerprint density at radius 1 is 0.900 bits per heavy atom. The molecule has 0 aliphatic carbocycles. The van der Waals surface area contributed by atoms with Crippen molar-refractivity contribution < 1.29 is 14.7 Å². The van der Waals surface area contributed by atoms with E-state index in [2.05, 4.69) is 5.32 Å². The topological polar surface area (TPSA) is 92.4 Å². The predicted octanol–water partition coefficient (Wildman–Crippen LogP) is 2.93. The van der Waals surface area contributed by atoms with E-state index >= 15 is 0 Å². The van der Waals surface area contributed by atoms with E-state index in [9.17, 15) is 9.59 Å². The average Bonchev–Trinajstić information content (AvgIpc) is 2.80. The highest BCUT2D eigenvalue weighted by molar-refractivity contribution is 5.82. The minimum absolute atomic E-state index is 0.0726. The van der Waals surface area contributed by atoms with Crippen LogP contribution < -0.4 is 11.1 Å². The Labute approximate surface area is 177 Å². The van der Waals surface area contributed by atoms with Crippen LogP contribution in [-0.4, -0.2) is 30.5 Å². The lowest BCUT2D eigenvalue weighted by molar-refractivity contribution is -0.124. The molecule has 5 heteroatoms. The van der Waals surface area contributed by atoms with Crippen molar-refractivity contribution in [2.45, 2.75) is 24.9 Å². The van der Waals surface area contributed by atoms with E-state index in [-0.39, 0.29) is 12.3 Å². The van der Waals surface area contributed by atoms with Crippen LogP contribution >= 0.6 is 0 Å². The van der Waals surface area contributed by atoms with Gasteiger partial charge in [-0.1, -0.05) is 90.5 Å². The molecule has 30 heavy (non-hydrogen) atoms. The second-order valence-corrected chi connectivity index (χ2v) is 6.90.